The molecule has 2 aromatic rings. The summed E-state index contributed by atoms with van der Waals surface area (Å²) in [4.78, 5) is 23.2. The quantitative estimate of drug-likeness (QED) is 0.610. The van der Waals surface area contributed by atoms with Crippen LogP contribution in [0.1, 0.15) is 17.3 Å². The minimum Gasteiger partial charge on any atom is -0.497 e. The Morgan fingerprint density at radius 3 is 2.52 bits per heavy atom. The van der Waals surface area contributed by atoms with E-state index in [4.69, 9.17) is 14.2 Å². The highest BCUT2D eigenvalue weighted by molar-refractivity contribution is 6.07. The Hall–Kier alpha value is -3.29. The molecule has 0 saturated heterocycles. The molecule has 0 unspecified atom stereocenters. The number of carbonyl (C=O) groups is 1. The van der Waals surface area contributed by atoms with E-state index in [0.29, 0.717) is 18.0 Å². The molecule has 0 atom stereocenters. The van der Waals surface area contributed by atoms with Crippen LogP contribution in [0, 0.1) is 10.1 Å². The third kappa shape index (κ3) is 4.17. The van der Waals surface area contributed by atoms with Gasteiger partial charge in [-0.2, -0.15) is 0 Å². The van der Waals surface area contributed by atoms with Crippen molar-refractivity contribution in [2.45, 2.75) is 6.92 Å². The number of ether oxygens (including phenoxy) is 3. The molecule has 0 spiro atoms. The number of rotatable bonds is 7. The lowest BCUT2D eigenvalue weighted by atomic mass is 10.1. The zero-order valence-corrected chi connectivity index (χ0v) is 14.1. The number of benzene rings is 2. The number of amides is 1. The van der Waals surface area contributed by atoms with E-state index in [1.54, 1.807) is 31.2 Å². The molecule has 0 fully saturated rings. The van der Waals surface area contributed by atoms with E-state index in [2.05, 4.69) is 5.32 Å². The fourth-order valence-electron chi connectivity index (χ4n) is 2.21. The van der Waals surface area contributed by atoms with Crippen molar-refractivity contribution in [3.8, 4) is 17.2 Å². The molecule has 0 aliphatic carbocycles. The van der Waals surface area contributed by atoms with Gasteiger partial charge in [-0.1, -0.05) is 6.07 Å². The number of nitro benzene ring substituents is 1. The smallest absolute Gasteiger partial charge is 0.286 e. The topological polar surface area (TPSA) is 99.9 Å². The summed E-state index contributed by atoms with van der Waals surface area (Å²) in [7, 11) is 2.90. The Bertz CT molecular complexity index is 791. The van der Waals surface area contributed by atoms with Crippen LogP contribution < -0.4 is 19.5 Å². The lowest BCUT2D eigenvalue weighted by Gasteiger charge is -2.12. The van der Waals surface area contributed by atoms with E-state index in [9.17, 15) is 14.9 Å². The van der Waals surface area contributed by atoms with E-state index in [-0.39, 0.29) is 22.7 Å². The number of nitro groups is 1. The first kappa shape index (κ1) is 18.1. The summed E-state index contributed by atoms with van der Waals surface area (Å²) in [5.41, 5.74) is -0.0516. The zero-order valence-electron chi connectivity index (χ0n) is 14.1. The first-order valence-corrected chi connectivity index (χ1v) is 7.44. The zero-order chi connectivity index (χ0) is 18.4. The van der Waals surface area contributed by atoms with Gasteiger partial charge in [-0.05, 0) is 19.1 Å². The Kier molecular flexibility index (Phi) is 5.78. The molecular weight excluding hydrogens is 328 g/mol. The van der Waals surface area contributed by atoms with Gasteiger partial charge in [0.25, 0.3) is 11.6 Å². The average molecular weight is 346 g/mol. The van der Waals surface area contributed by atoms with E-state index < -0.39 is 10.8 Å². The lowest BCUT2D eigenvalue weighted by Crippen LogP contribution is -2.14. The van der Waals surface area contributed by atoms with E-state index in [1.807, 2.05) is 0 Å². The summed E-state index contributed by atoms with van der Waals surface area (Å²) >= 11 is 0. The van der Waals surface area contributed by atoms with Gasteiger partial charge in [-0.15, -0.1) is 0 Å². The first-order chi connectivity index (χ1) is 12.0. The molecule has 132 valence electrons. The molecule has 2 rings (SSSR count). The Labute approximate surface area is 144 Å². The van der Waals surface area contributed by atoms with Crippen molar-refractivity contribution < 1.29 is 23.9 Å². The van der Waals surface area contributed by atoms with E-state index in [0.717, 1.165) is 0 Å². The van der Waals surface area contributed by atoms with Crippen molar-refractivity contribution in [1.82, 2.24) is 0 Å². The van der Waals surface area contributed by atoms with Crippen LogP contribution in [0.25, 0.3) is 0 Å². The van der Waals surface area contributed by atoms with Crippen molar-refractivity contribution in [3.63, 3.8) is 0 Å². The van der Waals surface area contributed by atoms with E-state index >= 15 is 0 Å². The SMILES string of the molecule is CCOc1cc([N+](=O)[O-])c(C(=O)Nc2cccc(OC)c2)cc1OC. The predicted octanol–water partition coefficient (Wildman–Crippen LogP) is 3.26. The molecule has 0 aromatic heterocycles. The van der Waals surface area contributed by atoms with Crippen molar-refractivity contribution >= 4 is 17.3 Å². The normalized spacial score (nSPS) is 10.0. The van der Waals surface area contributed by atoms with Gasteiger partial charge in [0.05, 0.1) is 31.8 Å². The number of anilines is 1. The number of hydrogen-bond acceptors (Lipinski definition) is 6. The van der Waals surface area contributed by atoms with Gasteiger partial charge < -0.3 is 19.5 Å². The van der Waals surface area contributed by atoms with Gasteiger partial charge in [0.2, 0.25) is 0 Å². The Morgan fingerprint density at radius 1 is 1.16 bits per heavy atom. The van der Waals surface area contributed by atoms with Gasteiger partial charge in [0.15, 0.2) is 11.5 Å². The van der Waals surface area contributed by atoms with Gasteiger partial charge >= 0.3 is 0 Å². The summed E-state index contributed by atoms with van der Waals surface area (Å²) in [6, 6.07) is 9.15. The Morgan fingerprint density at radius 2 is 1.92 bits per heavy atom. The van der Waals surface area contributed by atoms with Crippen molar-refractivity contribution in [3.05, 3.63) is 52.1 Å². The molecule has 1 N–H and O–H groups in total. The number of hydrogen-bond donors (Lipinski definition) is 1. The van der Waals surface area contributed by atoms with Gasteiger partial charge in [0, 0.05) is 17.8 Å². The van der Waals surface area contributed by atoms with Crippen LogP contribution in [-0.2, 0) is 0 Å². The highest BCUT2D eigenvalue weighted by Gasteiger charge is 2.25. The molecule has 8 heteroatoms. The standard InChI is InChI=1S/C17H18N2O6/c1-4-25-16-10-14(19(21)22)13(9-15(16)24-3)17(20)18-11-6-5-7-12(8-11)23-2/h5-10H,4H2,1-3H3,(H,18,20). The molecule has 0 radical (unpaired) electrons. The molecule has 1 amide bonds. The molecule has 0 heterocycles. The maximum atomic E-state index is 12.5. The first-order valence-electron chi connectivity index (χ1n) is 7.44. The molecule has 2 aromatic carbocycles. The fraction of sp³-hybridized carbons (Fsp3) is 0.235. The second-order valence-electron chi connectivity index (χ2n) is 4.90. The molecule has 0 aliphatic heterocycles. The van der Waals surface area contributed by atoms with Crippen molar-refractivity contribution in [2.24, 2.45) is 0 Å². The number of methoxy groups -OCH3 is 2. The number of nitrogens with one attached hydrogen (secondary N) is 1. The third-order valence-electron chi connectivity index (χ3n) is 3.35. The maximum Gasteiger partial charge on any atom is 0.286 e. The maximum absolute atomic E-state index is 12.5. The van der Waals surface area contributed by atoms with Crippen LogP contribution in [0.5, 0.6) is 17.2 Å². The number of nitrogens with zero attached hydrogens (tertiary/aromatic N) is 1. The van der Waals surface area contributed by atoms with Crippen LogP contribution in [0.4, 0.5) is 11.4 Å². The average Bonchev–Trinajstić information content (AvgIpc) is 2.61. The number of carbonyl (C=O) groups excluding carboxylic acids is 1. The summed E-state index contributed by atoms with van der Waals surface area (Å²) in [5, 5.41) is 14.0. The summed E-state index contributed by atoms with van der Waals surface area (Å²) in [5.74, 6) is 0.357. The second kappa shape index (κ2) is 8.00. The van der Waals surface area contributed by atoms with Crippen LogP contribution >= 0.6 is 0 Å². The highest BCUT2D eigenvalue weighted by Crippen LogP contribution is 2.35. The summed E-state index contributed by atoms with van der Waals surface area (Å²) in [6.07, 6.45) is 0. The lowest BCUT2D eigenvalue weighted by molar-refractivity contribution is -0.385. The molecule has 25 heavy (non-hydrogen) atoms. The van der Waals surface area contributed by atoms with Crippen molar-refractivity contribution in [1.29, 1.82) is 0 Å². The minimum atomic E-state index is -0.638. The molecular formula is C17H18N2O6. The van der Waals surface area contributed by atoms with Gasteiger partial charge in [-0.25, -0.2) is 0 Å². The highest BCUT2D eigenvalue weighted by atomic mass is 16.6. The second-order valence-corrected chi connectivity index (χ2v) is 4.90. The van der Waals surface area contributed by atoms with Crippen molar-refractivity contribution in [2.75, 3.05) is 26.1 Å². The molecule has 8 nitrogen and oxygen atoms in total. The van der Waals surface area contributed by atoms with E-state index in [1.165, 1.54) is 26.4 Å². The third-order valence-corrected chi connectivity index (χ3v) is 3.35. The molecule has 0 aliphatic rings. The van der Waals surface area contributed by atoms with Crippen LogP contribution in [0.2, 0.25) is 0 Å². The minimum absolute atomic E-state index is 0.131. The van der Waals surface area contributed by atoms with Crippen LogP contribution in [0.3, 0.4) is 0 Å². The largest absolute Gasteiger partial charge is 0.497 e. The van der Waals surface area contributed by atoms with Gasteiger partial charge in [0.1, 0.15) is 11.3 Å². The van der Waals surface area contributed by atoms with Crippen LogP contribution in [0.15, 0.2) is 36.4 Å². The fourth-order valence-corrected chi connectivity index (χ4v) is 2.21. The van der Waals surface area contributed by atoms with Gasteiger partial charge in [-0.3, -0.25) is 14.9 Å². The van der Waals surface area contributed by atoms with Crippen LogP contribution in [-0.4, -0.2) is 31.7 Å². The summed E-state index contributed by atoms with van der Waals surface area (Å²) in [6.45, 7) is 2.05. The molecule has 0 saturated carbocycles. The predicted molar refractivity (Wildman–Crippen MR) is 91.8 cm³/mol. The molecule has 0 bridgehead atoms. The Balaban J connectivity index is 2.41. The monoisotopic (exact) mass is 346 g/mol. The summed E-state index contributed by atoms with van der Waals surface area (Å²) < 4.78 is 15.6.